The fourth-order valence-electron chi connectivity index (χ4n) is 3.61. The quantitative estimate of drug-likeness (QED) is 0.325. The summed E-state index contributed by atoms with van der Waals surface area (Å²) in [5.41, 5.74) is 0. The molecular formula is C19H36N4O8. The van der Waals surface area contributed by atoms with Crippen LogP contribution >= 0.6 is 0 Å². The number of carbonyl (C=O) groups is 3. The summed E-state index contributed by atoms with van der Waals surface area (Å²) in [6.45, 7) is 3.96. The molecule has 1 heterocycles. The third-order valence-corrected chi connectivity index (χ3v) is 5.18. The largest absolute Gasteiger partial charge is 0.480 e. The maximum atomic E-state index is 11.3. The predicted molar refractivity (Wildman–Crippen MR) is 111 cm³/mol. The number of carboxylic acid groups (broad SMARTS) is 3. The third kappa shape index (κ3) is 12.0. The van der Waals surface area contributed by atoms with Gasteiger partial charge in [0.05, 0.1) is 38.9 Å². The van der Waals surface area contributed by atoms with Gasteiger partial charge in [-0.15, -0.1) is 0 Å². The van der Waals surface area contributed by atoms with E-state index in [9.17, 15) is 29.7 Å². The van der Waals surface area contributed by atoms with E-state index in [1.807, 2.05) is 0 Å². The summed E-state index contributed by atoms with van der Waals surface area (Å²) in [6, 6.07) is -0.0557. The highest BCUT2D eigenvalue weighted by Crippen LogP contribution is 2.06. The minimum Gasteiger partial charge on any atom is -0.480 e. The molecule has 0 bridgehead atoms. The van der Waals surface area contributed by atoms with Gasteiger partial charge in [-0.1, -0.05) is 0 Å². The van der Waals surface area contributed by atoms with Gasteiger partial charge in [0.2, 0.25) is 0 Å². The lowest BCUT2D eigenvalue weighted by Gasteiger charge is -2.36. The molecule has 180 valence electrons. The van der Waals surface area contributed by atoms with E-state index < -0.39 is 17.9 Å². The molecule has 0 amide bonds. The fraction of sp³-hybridized carbons (Fsp3) is 0.842. The summed E-state index contributed by atoms with van der Waals surface area (Å²) in [5.74, 6) is -2.86. The van der Waals surface area contributed by atoms with Crippen LogP contribution in [0.1, 0.15) is 0 Å². The minimum atomic E-state index is -0.977. The molecular weight excluding hydrogens is 412 g/mol. The van der Waals surface area contributed by atoms with Crippen LogP contribution in [0.15, 0.2) is 0 Å². The zero-order valence-electron chi connectivity index (χ0n) is 18.4. The van der Waals surface area contributed by atoms with E-state index in [-0.39, 0.29) is 25.7 Å². The van der Waals surface area contributed by atoms with Gasteiger partial charge in [0.25, 0.3) is 0 Å². The zero-order chi connectivity index (χ0) is 23.2. The lowest BCUT2D eigenvalue weighted by molar-refractivity contribution is -0.140. The molecule has 12 nitrogen and oxygen atoms in total. The Hall–Kier alpha value is -1.83. The first-order chi connectivity index (χ1) is 14.7. The number of aliphatic carboxylic acids is 3. The van der Waals surface area contributed by atoms with E-state index in [0.29, 0.717) is 65.6 Å². The van der Waals surface area contributed by atoms with Gasteiger partial charge in [0, 0.05) is 66.6 Å². The highest BCUT2D eigenvalue weighted by atomic mass is 16.5. The number of carboxylic acids is 3. The fourth-order valence-corrected chi connectivity index (χ4v) is 3.61. The predicted octanol–water partition coefficient (Wildman–Crippen LogP) is -1.88. The van der Waals surface area contributed by atoms with Crippen molar-refractivity contribution in [3.05, 3.63) is 0 Å². The summed E-state index contributed by atoms with van der Waals surface area (Å²) in [7, 11) is 3.20. The zero-order valence-corrected chi connectivity index (χ0v) is 18.4. The number of nitrogens with zero attached hydrogens (tertiary/aromatic N) is 4. The summed E-state index contributed by atoms with van der Waals surface area (Å²) >= 11 is 0. The van der Waals surface area contributed by atoms with Crippen LogP contribution in [0.3, 0.4) is 0 Å². The van der Waals surface area contributed by atoms with Crippen molar-refractivity contribution in [2.45, 2.75) is 6.04 Å². The monoisotopic (exact) mass is 448 g/mol. The summed E-state index contributed by atoms with van der Waals surface area (Å²) in [5, 5.41) is 27.7. The second-order valence-electron chi connectivity index (χ2n) is 7.61. The first kappa shape index (κ1) is 27.2. The minimum absolute atomic E-state index is 0.0557. The molecule has 0 saturated carbocycles. The number of hydrogen-bond acceptors (Lipinski definition) is 9. The smallest absolute Gasteiger partial charge is 0.317 e. The second-order valence-corrected chi connectivity index (χ2v) is 7.61. The van der Waals surface area contributed by atoms with Gasteiger partial charge < -0.3 is 24.8 Å². The van der Waals surface area contributed by atoms with Crippen LogP contribution in [0, 0.1) is 0 Å². The van der Waals surface area contributed by atoms with E-state index in [1.165, 1.54) is 0 Å². The molecule has 3 N–H and O–H groups in total. The van der Waals surface area contributed by atoms with Crippen LogP contribution in [0.25, 0.3) is 0 Å². The van der Waals surface area contributed by atoms with Gasteiger partial charge in [-0.2, -0.15) is 0 Å². The normalized spacial score (nSPS) is 19.1. The second kappa shape index (κ2) is 15.1. The Balaban J connectivity index is 3.02. The van der Waals surface area contributed by atoms with Gasteiger partial charge in [-0.25, -0.2) is 0 Å². The van der Waals surface area contributed by atoms with Crippen LogP contribution in [-0.4, -0.2) is 158 Å². The van der Waals surface area contributed by atoms with Gasteiger partial charge in [0.15, 0.2) is 0 Å². The van der Waals surface area contributed by atoms with Crippen LogP contribution in [0.4, 0.5) is 0 Å². The first-order valence-corrected chi connectivity index (χ1v) is 10.3. The molecule has 0 unspecified atom stereocenters. The van der Waals surface area contributed by atoms with Gasteiger partial charge >= 0.3 is 17.9 Å². The number of methoxy groups -OCH3 is 2. The molecule has 1 aliphatic rings. The van der Waals surface area contributed by atoms with E-state index in [0.717, 1.165) is 0 Å². The third-order valence-electron chi connectivity index (χ3n) is 5.18. The molecule has 1 aliphatic heterocycles. The Labute approximate surface area is 182 Å². The van der Waals surface area contributed by atoms with Crippen molar-refractivity contribution >= 4 is 17.9 Å². The molecule has 0 radical (unpaired) electrons. The van der Waals surface area contributed by atoms with E-state index >= 15 is 0 Å². The summed E-state index contributed by atoms with van der Waals surface area (Å²) < 4.78 is 10.6. The highest BCUT2D eigenvalue weighted by molar-refractivity contribution is 5.69. The molecule has 0 aromatic heterocycles. The molecule has 1 fully saturated rings. The maximum absolute atomic E-state index is 11.3. The van der Waals surface area contributed by atoms with Crippen LogP contribution in [-0.2, 0) is 23.9 Å². The lowest BCUT2D eigenvalue weighted by atomic mass is 10.2. The van der Waals surface area contributed by atoms with Crippen molar-refractivity contribution in [1.82, 2.24) is 19.6 Å². The number of rotatable bonds is 11. The van der Waals surface area contributed by atoms with Crippen molar-refractivity contribution in [3.8, 4) is 0 Å². The molecule has 0 atom stereocenters. The van der Waals surface area contributed by atoms with Crippen molar-refractivity contribution in [3.63, 3.8) is 0 Å². The molecule has 0 aromatic rings. The number of hydrogen-bond donors (Lipinski definition) is 3. The van der Waals surface area contributed by atoms with Crippen LogP contribution in [0.2, 0.25) is 0 Å². The average Bonchev–Trinajstić information content (AvgIpc) is 2.67. The van der Waals surface area contributed by atoms with Crippen molar-refractivity contribution < 1.29 is 39.2 Å². The van der Waals surface area contributed by atoms with Crippen molar-refractivity contribution in [2.75, 3.05) is 99.4 Å². The standard InChI is InChI=1S/C19H36N4O8/c1-30-14-16(15-31-2)23-9-7-21(12-18(26)27)5-3-20(11-17(24)25)4-6-22(8-10-23)13-19(28)29/h16H,3-15H2,1-2H3,(H,24,25)(H,26,27)(H,28,29). The summed E-state index contributed by atoms with van der Waals surface area (Å²) in [4.78, 5) is 41.2. The Morgan fingerprint density at radius 2 is 0.935 bits per heavy atom. The summed E-state index contributed by atoms with van der Waals surface area (Å²) in [6.07, 6.45) is 0. The van der Waals surface area contributed by atoms with Crippen molar-refractivity contribution in [2.24, 2.45) is 0 Å². The number of ether oxygens (including phenoxy) is 2. The van der Waals surface area contributed by atoms with Crippen molar-refractivity contribution in [1.29, 1.82) is 0 Å². The lowest BCUT2D eigenvalue weighted by Crippen LogP contribution is -2.52. The van der Waals surface area contributed by atoms with Crippen LogP contribution in [0.5, 0.6) is 0 Å². The Morgan fingerprint density at radius 3 is 1.19 bits per heavy atom. The molecule has 12 heteroatoms. The van der Waals surface area contributed by atoms with E-state index in [1.54, 1.807) is 28.9 Å². The van der Waals surface area contributed by atoms with Crippen LogP contribution < -0.4 is 0 Å². The Kier molecular flexibility index (Phi) is 13.2. The van der Waals surface area contributed by atoms with E-state index in [2.05, 4.69) is 4.90 Å². The van der Waals surface area contributed by atoms with Gasteiger partial charge in [0.1, 0.15) is 0 Å². The highest BCUT2D eigenvalue weighted by Gasteiger charge is 2.23. The average molecular weight is 449 g/mol. The molecule has 0 aromatic carbocycles. The van der Waals surface area contributed by atoms with Gasteiger partial charge in [-0.05, 0) is 0 Å². The van der Waals surface area contributed by atoms with Gasteiger partial charge in [-0.3, -0.25) is 34.0 Å². The molecule has 0 spiro atoms. The molecule has 1 saturated heterocycles. The Bertz CT molecular complexity index is 527. The van der Waals surface area contributed by atoms with E-state index in [4.69, 9.17) is 9.47 Å². The Morgan fingerprint density at radius 1 is 0.645 bits per heavy atom. The first-order valence-electron chi connectivity index (χ1n) is 10.3. The topological polar surface area (TPSA) is 143 Å². The molecule has 1 rings (SSSR count). The SMILES string of the molecule is COCC(COC)N1CCN(CC(=O)O)CCN(CC(=O)O)CCN(CC(=O)O)CC1. The molecule has 31 heavy (non-hydrogen) atoms. The maximum Gasteiger partial charge on any atom is 0.317 e. The molecule has 0 aliphatic carbocycles.